The van der Waals surface area contributed by atoms with Gasteiger partial charge in [-0.25, -0.2) is 23.1 Å². The van der Waals surface area contributed by atoms with Crippen LogP contribution in [-0.4, -0.2) is 22.4 Å². The lowest BCUT2D eigenvalue weighted by atomic mass is 10.2. The van der Waals surface area contributed by atoms with Gasteiger partial charge >= 0.3 is 0 Å². The Bertz CT molecular complexity index is 965. The summed E-state index contributed by atoms with van der Waals surface area (Å²) in [5.74, 6) is -4.67. The average molecular weight is 386 g/mol. The first-order valence-electron chi connectivity index (χ1n) is 8.55. The fraction of sp³-hybridized carbons (Fsp3) is 0.150. The summed E-state index contributed by atoms with van der Waals surface area (Å²) in [7, 11) is 0. The molecule has 1 N–H and O–H groups in total. The summed E-state index contributed by atoms with van der Waals surface area (Å²) in [6.45, 7) is 3.27. The van der Waals surface area contributed by atoms with Crippen LogP contribution in [0.1, 0.15) is 23.0 Å². The van der Waals surface area contributed by atoms with E-state index in [0.29, 0.717) is 18.9 Å². The summed E-state index contributed by atoms with van der Waals surface area (Å²) >= 11 is 0. The van der Waals surface area contributed by atoms with Crippen molar-refractivity contribution in [2.75, 3.05) is 16.8 Å². The standard InChI is InChI=1S/C20H17F3N4O/c1-2-27(12-13-6-4-3-5-7-13)17-11-24-16(10-25-17)20(28)26-15-9-8-14(21)18(22)19(15)23/h3-11H,2,12H2,1H3,(H,26,28). The summed E-state index contributed by atoms with van der Waals surface area (Å²) in [6, 6.07) is 11.5. The second-order valence-electron chi connectivity index (χ2n) is 5.94. The maximum Gasteiger partial charge on any atom is 0.275 e. The molecule has 2 aromatic carbocycles. The summed E-state index contributed by atoms with van der Waals surface area (Å²) < 4.78 is 39.9. The number of hydrogen-bond donors (Lipinski definition) is 1. The maximum absolute atomic E-state index is 13.7. The van der Waals surface area contributed by atoms with Crippen molar-refractivity contribution in [1.82, 2.24) is 9.97 Å². The van der Waals surface area contributed by atoms with Crippen molar-refractivity contribution < 1.29 is 18.0 Å². The van der Waals surface area contributed by atoms with Gasteiger partial charge in [0.2, 0.25) is 0 Å². The van der Waals surface area contributed by atoms with Crippen LogP contribution in [0.25, 0.3) is 0 Å². The molecule has 0 unspecified atom stereocenters. The largest absolute Gasteiger partial charge is 0.351 e. The van der Waals surface area contributed by atoms with Crippen molar-refractivity contribution in [3.63, 3.8) is 0 Å². The van der Waals surface area contributed by atoms with Crippen LogP contribution in [0.2, 0.25) is 0 Å². The number of rotatable bonds is 6. The minimum absolute atomic E-state index is 0.0800. The first kappa shape index (κ1) is 19.3. The molecule has 0 aliphatic carbocycles. The lowest BCUT2D eigenvalue weighted by molar-refractivity contribution is 0.102. The third-order valence-electron chi connectivity index (χ3n) is 4.08. The Hall–Kier alpha value is -3.42. The fourth-order valence-electron chi connectivity index (χ4n) is 2.57. The van der Waals surface area contributed by atoms with E-state index in [9.17, 15) is 18.0 Å². The molecule has 1 heterocycles. The Morgan fingerprint density at radius 3 is 2.39 bits per heavy atom. The van der Waals surface area contributed by atoms with Crippen LogP contribution < -0.4 is 10.2 Å². The first-order chi connectivity index (χ1) is 13.5. The van der Waals surface area contributed by atoms with E-state index < -0.39 is 29.0 Å². The quantitative estimate of drug-likeness (QED) is 0.646. The number of hydrogen-bond acceptors (Lipinski definition) is 4. The second-order valence-corrected chi connectivity index (χ2v) is 5.94. The van der Waals surface area contributed by atoms with Crippen LogP contribution in [0.15, 0.2) is 54.9 Å². The highest BCUT2D eigenvalue weighted by Gasteiger charge is 2.17. The van der Waals surface area contributed by atoms with Gasteiger partial charge in [-0.15, -0.1) is 0 Å². The summed E-state index contributed by atoms with van der Waals surface area (Å²) in [5, 5.41) is 2.16. The van der Waals surface area contributed by atoms with E-state index in [0.717, 1.165) is 17.7 Å². The number of halogens is 3. The molecule has 0 radical (unpaired) electrons. The Morgan fingerprint density at radius 1 is 1.00 bits per heavy atom. The molecule has 0 atom stereocenters. The molecule has 0 spiro atoms. The number of aromatic nitrogens is 2. The topological polar surface area (TPSA) is 58.1 Å². The molecule has 0 saturated carbocycles. The van der Waals surface area contributed by atoms with Crippen molar-refractivity contribution in [3.05, 3.63) is 83.6 Å². The number of amides is 1. The van der Waals surface area contributed by atoms with Crippen molar-refractivity contribution in [1.29, 1.82) is 0 Å². The smallest absolute Gasteiger partial charge is 0.275 e. The number of benzene rings is 2. The minimum atomic E-state index is -1.65. The molecule has 0 bridgehead atoms. The van der Waals surface area contributed by atoms with Crippen molar-refractivity contribution in [2.45, 2.75) is 13.5 Å². The van der Waals surface area contributed by atoms with Gasteiger partial charge in [0.25, 0.3) is 5.91 Å². The molecule has 5 nitrogen and oxygen atoms in total. The average Bonchev–Trinajstić information content (AvgIpc) is 2.73. The predicted octanol–water partition coefficient (Wildman–Crippen LogP) is 4.17. The predicted molar refractivity (Wildman–Crippen MR) is 99.5 cm³/mol. The SMILES string of the molecule is CCN(Cc1ccccc1)c1cnc(C(=O)Nc2ccc(F)c(F)c2F)cn1. The third-order valence-corrected chi connectivity index (χ3v) is 4.08. The molecule has 1 amide bonds. The third kappa shape index (κ3) is 4.28. The van der Waals surface area contributed by atoms with Crippen molar-refractivity contribution in [2.24, 2.45) is 0 Å². The van der Waals surface area contributed by atoms with Crippen LogP contribution in [0.4, 0.5) is 24.7 Å². The second kappa shape index (κ2) is 8.51. The van der Waals surface area contributed by atoms with E-state index >= 15 is 0 Å². The molecule has 0 aliphatic rings. The molecule has 1 aromatic heterocycles. The summed E-state index contributed by atoms with van der Waals surface area (Å²) in [4.78, 5) is 22.5. The number of carbonyl (C=O) groups excluding carboxylic acids is 1. The molecule has 28 heavy (non-hydrogen) atoms. The van der Waals surface area contributed by atoms with Crippen LogP contribution in [0.3, 0.4) is 0 Å². The summed E-state index contributed by atoms with van der Waals surface area (Å²) in [6.07, 6.45) is 2.68. The van der Waals surface area contributed by atoms with E-state index in [-0.39, 0.29) is 5.69 Å². The van der Waals surface area contributed by atoms with Crippen molar-refractivity contribution >= 4 is 17.4 Å². The van der Waals surface area contributed by atoms with Gasteiger partial charge in [0.15, 0.2) is 17.5 Å². The Labute approximate surface area is 159 Å². The van der Waals surface area contributed by atoms with Crippen LogP contribution >= 0.6 is 0 Å². The molecule has 144 valence electrons. The highest BCUT2D eigenvalue weighted by atomic mass is 19.2. The van der Waals surface area contributed by atoms with Gasteiger partial charge in [0.1, 0.15) is 11.5 Å². The number of anilines is 2. The molecule has 8 heteroatoms. The zero-order chi connectivity index (χ0) is 20.1. The number of carbonyl (C=O) groups is 1. The normalized spacial score (nSPS) is 10.6. The number of nitrogens with one attached hydrogen (secondary N) is 1. The highest BCUT2D eigenvalue weighted by Crippen LogP contribution is 2.20. The molecule has 3 aromatic rings. The van der Waals surface area contributed by atoms with Crippen LogP contribution in [0.5, 0.6) is 0 Å². The molecule has 0 fully saturated rings. The Morgan fingerprint density at radius 2 is 1.75 bits per heavy atom. The van der Waals surface area contributed by atoms with Gasteiger partial charge in [-0.1, -0.05) is 30.3 Å². The molecule has 0 saturated heterocycles. The molecular weight excluding hydrogens is 369 g/mol. The van der Waals surface area contributed by atoms with Gasteiger partial charge in [-0.3, -0.25) is 4.79 Å². The first-order valence-corrected chi connectivity index (χ1v) is 8.55. The van der Waals surface area contributed by atoms with Gasteiger partial charge in [-0.2, -0.15) is 0 Å². The van der Waals surface area contributed by atoms with Crippen molar-refractivity contribution in [3.8, 4) is 0 Å². The van der Waals surface area contributed by atoms with Crippen LogP contribution in [0, 0.1) is 17.5 Å². The van der Waals surface area contributed by atoms with E-state index in [2.05, 4.69) is 15.3 Å². The lowest BCUT2D eigenvalue weighted by Crippen LogP contribution is -2.24. The Balaban J connectivity index is 1.72. The fourth-order valence-corrected chi connectivity index (χ4v) is 2.57. The zero-order valence-corrected chi connectivity index (χ0v) is 15.0. The zero-order valence-electron chi connectivity index (χ0n) is 15.0. The van der Waals surface area contributed by atoms with Gasteiger partial charge < -0.3 is 10.2 Å². The van der Waals surface area contributed by atoms with Gasteiger partial charge in [0, 0.05) is 13.1 Å². The number of nitrogens with zero attached hydrogens (tertiary/aromatic N) is 3. The minimum Gasteiger partial charge on any atom is -0.351 e. The molecule has 0 aliphatic heterocycles. The summed E-state index contributed by atoms with van der Waals surface area (Å²) in [5.41, 5.74) is 0.541. The van der Waals surface area contributed by atoms with E-state index in [1.54, 1.807) is 0 Å². The molecule has 3 rings (SSSR count). The Kier molecular flexibility index (Phi) is 5.88. The van der Waals surface area contributed by atoms with E-state index in [1.165, 1.54) is 12.4 Å². The van der Waals surface area contributed by atoms with Gasteiger partial charge in [-0.05, 0) is 24.6 Å². The van der Waals surface area contributed by atoms with Crippen LogP contribution in [-0.2, 0) is 6.54 Å². The van der Waals surface area contributed by atoms with E-state index in [4.69, 9.17) is 0 Å². The van der Waals surface area contributed by atoms with E-state index in [1.807, 2.05) is 42.2 Å². The van der Waals surface area contributed by atoms with Gasteiger partial charge in [0.05, 0.1) is 18.1 Å². The lowest BCUT2D eigenvalue weighted by Gasteiger charge is -2.21. The highest BCUT2D eigenvalue weighted by molar-refractivity contribution is 6.02. The maximum atomic E-state index is 13.7. The molecular formula is C20H17F3N4O. The monoisotopic (exact) mass is 386 g/mol.